The number of carbonyl (C=O) groups excluding carboxylic acids is 1. The number of fused-ring (bicyclic) bond motifs is 1. The van der Waals surface area contributed by atoms with E-state index in [1.54, 1.807) is 6.92 Å². The number of hydrogen-bond donors (Lipinski definition) is 0. The zero-order valence-electron chi connectivity index (χ0n) is 6.79. The third-order valence-corrected chi connectivity index (χ3v) is 2.76. The molecular weight excluding hydrogens is 138 g/mol. The van der Waals surface area contributed by atoms with Gasteiger partial charge in [0.1, 0.15) is 0 Å². The fourth-order valence-corrected chi connectivity index (χ4v) is 2.19. The summed E-state index contributed by atoms with van der Waals surface area (Å²) in [5.74, 6) is 0.903. The quantitative estimate of drug-likeness (QED) is 0.476. The lowest BCUT2D eigenvalue weighted by molar-refractivity contribution is -0.129. The highest BCUT2D eigenvalue weighted by Crippen LogP contribution is 2.32. The van der Waals surface area contributed by atoms with Gasteiger partial charge in [-0.3, -0.25) is 4.79 Å². The standard InChI is InChI=1S/C9H13NO/c1-7(11)10-6-5-8-3-2-4-9(8)10/h2-3,8-9H,4-6H2,1H3. The number of amides is 1. The van der Waals surface area contributed by atoms with Gasteiger partial charge in [0.2, 0.25) is 5.91 Å². The molecule has 0 spiro atoms. The van der Waals surface area contributed by atoms with Gasteiger partial charge in [0.15, 0.2) is 0 Å². The molecule has 0 radical (unpaired) electrons. The van der Waals surface area contributed by atoms with Crippen molar-refractivity contribution in [2.24, 2.45) is 5.92 Å². The van der Waals surface area contributed by atoms with Crippen LogP contribution in [0.5, 0.6) is 0 Å². The van der Waals surface area contributed by atoms with Crippen LogP contribution in [0.15, 0.2) is 12.2 Å². The van der Waals surface area contributed by atoms with Crippen LogP contribution >= 0.6 is 0 Å². The predicted octanol–water partition coefficient (Wildman–Crippen LogP) is 1.18. The summed E-state index contributed by atoms with van der Waals surface area (Å²) in [5, 5.41) is 0. The van der Waals surface area contributed by atoms with Crippen molar-refractivity contribution >= 4 is 5.91 Å². The highest BCUT2D eigenvalue weighted by molar-refractivity contribution is 5.74. The minimum atomic E-state index is 0.237. The van der Waals surface area contributed by atoms with E-state index in [0.717, 1.165) is 13.0 Å². The molecular formula is C9H13NO. The monoisotopic (exact) mass is 151 g/mol. The molecule has 0 aromatic carbocycles. The Morgan fingerprint density at radius 2 is 2.45 bits per heavy atom. The molecule has 1 saturated heterocycles. The lowest BCUT2D eigenvalue weighted by Crippen LogP contribution is -2.34. The van der Waals surface area contributed by atoms with Gasteiger partial charge in [0, 0.05) is 19.5 Å². The summed E-state index contributed by atoms with van der Waals surface area (Å²) in [6, 6.07) is 0.507. The molecule has 11 heavy (non-hydrogen) atoms. The smallest absolute Gasteiger partial charge is 0.219 e. The van der Waals surface area contributed by atoms with Crippen LogP contribution in [-0.2, 0) is 4.79 Å². The van der Waals surface area contributed by atoms with Crippen molar-refractivity contribution in [3.63, 3.8) is 0 Å². The molecule has 0 aromatic heterocycles. The summed E-state index contributed by atoms with van der Waals surface area (Å²) in [6.07, 6.45) is 6.70. The van der Waals surface area contributed by atoms with Crippen molar-refractivity contribution in [1.82, 2.24) is 4.90 Å². The minimum absolute atomic E-state index is 0.237. The van der Waals surface area contributed by atoms with Crippen molar-refractivity contribution in [2.75, 3.05) is 6.54 Å². The molecule has 2 atom stereocenters. The normalized spacial score (nSPS) is 34.5. The Bertz CT molecular complexity index is 210. The maximum atomic E-state index is 11.1. The molecule has 1 aliphatic carbocycles. The summed E-state index contributed by atoms with van der Waals surface area (Å²) in [4.78, 5) is 13.1. The van der Waals surface area contributed by atoms with E-state index in [1.807, 2.05) is 4.90 Å². The Morgan fingerprint density at radius 1 is 1.64 bits per heavy atom. The minimum Gasteiger partial charge on any atom is -0.339 e. The molecule has 2 unspecified atom stereocenters. The van der Waals surface area contributed by atoms with Crippen molar-refractivity contribution in [3.05, 3.63) is 12.2 Å². The maximum absolute atomic E-state index is 11.1. The van der Waals surface area contributed by atoms with E-state index in [2.05, 4.69) is 12.2 Å². The molecule has 60 valence electrons. The van der Waals surface area contributed by atoms with Gasteiger partial charge >= 0.3 is 0 Å². The second-order valence-corrected chi connectivity index (χ2v) is 3.40. The van der Waals surface area contributed by atoms with E-state index in [1.165, 1.54) is 6.42 Å². The van der Waals surface area contributed by atoms with Gasteiger partial charge < -0.3 is 4.90 Å². The van der Waals surface area contributed by atoms with E-state index in [9.17, 15) is 4.79 Å². The number of rotatable bonds is 0. The number of likely N-dealkylation sites (tertiary alicyclic amines) is 1. The summed E-state index contributed by atoms with van der Waals surface area (Å²) >= 11 is 0. The van der Waals surface area contributed by atoms with Gasteiger partial charge in [0.05, 0.1) is 0 Å². The molecule has 2 aliphatic rings. The number of nitrogens with zero attached hydrogens (tertiary/aromatic N) is 1. The van der Waals surface area contributed by atoms with Crippen LogP contribution in [0.3, 0.4) is 0 Å². The first-order chi connectivity index (χ1) is 5.29. The van der Waals surface area contributed by atoms with Crippen molar-refractivity contribution in [1.29, 1.82) is 0 Å². The van der Waals surface area contributed by atoms with Gasteiger partial charge in [-0.05, 0) is 18.8 Å². The molecule has 0 saturated carbocycles. The molecule has 0 N–H and O–H groups in total. The third-order valence-electron chi connectivity index (χ3n) is 2.76. The Labute approximate surface area is 66.9 Å². The molecule has 2 rings (SSSR count). The number of hydrogen-bond acceptors (Lipinski definition) is 1. The first-order valence-corrected chi connectivity index (χ1v) is 4.23. The third kappa shape index (κ3) is 0.971. The molecule has 0 aromatic rings. The first kappa shape index (κ1) is 6.89. The largest absolute Gasteiger partial charge is 0.339 e. The first-order valence-electron chi connectivity index (χ1n) is 4.23. The molecule has 1 aliphatic heterocycles. The Kier molecular flexibility index (Phi) is 1.48. The van der Waals surface area contributed by atoms with Crippen LogP contribution < -0.4 is 0 Å². The SMILES string of the molecule is CC(=O)N1CCC2C=CCC21. The highest BCUT2D eigenvalue weighted by Gasteiger charge is 2.35. The van der Waals surface area contributed by atoms with Crippen molar-refractivity contribution in [3.8, 4) is 0 Å². The maximum Gasteiger partial charge on any atom is 0.219 e. The van der Waals surface area contributed by atoms with Crippen molar-refractivity contribution in [2.45, 2.75) is 25.8 Å². The van der Waals surface area contributed by atoms with Crippen LogP contribution in [0.1, 0.15) is 19.8 Å². The van der Waals surface area contributed by atoms with Crippen LogP contribution in [0.2, 0.25) is 0 Å². The molecule has 2 nitrogen and oxygen atoms in total. The summed E-state index contributed by atoms with van der Waals surface area (Å²) < 4.78 is 0. The van der Waals surface area contributed by atoms with Gasteiger partial charge in [-0.25, -0.2) is 0 Å². The van der Waals surface area contributed by atoms with Gasteiger partial charge in [0.25, 0.3) is 0 Å². The van der Waals surface area contributed by atoms with E-state index in [4.69, 9.17) is 0 Å². The Morgan fingerprint density at radius 3 is 3.18 bits per heavy atom. The molecule has 1 fully saturated rings. The highest BCUT2D eigenvalue weighted by atomic mass is 16.2. The lowest BCUT2D eigenvalue weighted by atomic mass is 10.1. The van der Waals surface area contributed by atoms with Crippen molar-refractivity contribution < 1.29 is 4.79 Å². The number of carbonyl (C=O) groups is 1. The van der Waals surface area contributed by atoms with E-state index >= 15 is 0 Å². The summed E-state index contributed by atoms with van der Waals surface area (Å²) in [7, 11) is 0. The Balaban J connectivity index is 2.12. The molecule has 0 bridgehead atoms. The van der Waals surface area contributed by atoms with E-state index < -0.39 is 0 Å². The predicted molar refractivity (Wildman–Crippen MR) is 43.0 cm³/mol. The van der Waals surface area contributed by atoms with Crippen LogP contribution in [-0.4, -0.2) is 23.4 Å². The zero-order valence-corrected chi connectivity index (χ0v) is 6.79. The topological polar surface area (TPSA) is 20.3 Å². The summed E-state index contributed by atoms with van der Waals surface area (Å²) in [5.41, 5.74) is 0. The lowest BCUT2D eigenvalue weighted by Gasteiger charge is -2.21. The average molecular weight is 151 g/mol. The molecule has 1 heterocycles. The Hall–Kier alpha value is -0.790. The van der Waals surface area contributed by atoms with E-state index in [0.29, 0.717) is 12.0 Å². The van der Waals surface area contributed by atoms with E-state index in [-0.39, 0.29) is 5.91 Å². The van der Waals surface area contributed by atoms with Crippen LogP contribution in [0, 0.1) is 5.92 Å². The summed E-state index contributed by atoms with van der Waals surface area (Å²) in [6.45, 7) is 2.63. The fraction of sp³-hybridized carbons (Fsp3) is 0.667. The molecule has 1 amide bonds. The molecule has 2 heteroatoms. The van der Waals surface area contributed by atoms with Crippen LogP contribution in [0.4, 0.5) is 0 Å². The second-order valence-electron chi connectivity index (χ2n) is 3.40. The van der Waals surface area contributed by atoms with Crippen LogP contribution in [0.25, 0.3) is 0 Å². The fourth-order valence-electron chi connectivity index (χ4n) is 2.19. The van der Waals surface area contributed by atoms with Gasteiger partial charge in [-0.15, -0.1) is 0 Å². The van der Waals surface area contributed by atoms with Gasteiger partial charge in [-0.2, -0.15) is 0 Å². The average Bonchev–Trinajstić information content (AvgIpc) is 2.41. The second kappa shape index (κ2) is 2.36. The van der Waals surface area contributed by atoms with Gasteiger partial charge in [-0.1, -0.05) is 12.2 Å². The zero-order chi connectivity index (χ0) is 7.84.